The number of methoxy groups -OCH3 is 1. The molecule has 0 amide bonds. The van der Waals surface area contributed by atoms with Crippen molar-refractivity contribution in [2.24, 2.45) is 0 Å². The summed E-state index contributed by atoms with van der Waals surface area (Å²) in [4.78, 5) is 4.98. The highest BCUT2D eigenvalue weighted by molar-refractivity contribution is 4.71. The van der Waals surface area contributed by atoms with Gasteiger partial charge < -0.3 is 14.5 Å². The molecule has 4 heteroatoms. The smallest absolute Gasteiger partial charge is 0.0822 e. The Morgan fingerprint density at radius 1 is 0.938 bits per heavy atom. The molecule has 1 saturated heterocycles. The summed E-state index contributed by atoms with van der Waals surface area (Å²) in [5.41, 5.74) is 0. The molecule has 1 rings (SSSR count). The number of unbranched alkanes of at least 4 members (excludes halogenated alkanes) is 1. The molecule has 0 aromatic carbocycles. The second-order valence-electron chi connectivity index (χ2n) is 4.44. The largest absolute Gasteiger partial charge is 0.385 e. The van der Waals surface area contributed by atoms with Crippen LogP contribution in [0.3, 0.4) is 0 Å². The lowest BCUT2D eigenvalue weighted by atomic mass is 10.2. The van der Waals surface area contributed by atoms with Crippen LogP contribution in [0.15, 0.2) is 0 Å². The molecule has 0 aromatic heterocycles. The molecule has 1 radical (unpaired) electrons. The summed E-state index contributed by atoms with van der Waals surface area (Å²) in [5.74, 6) is 0. The SMILES string of the molecule is COCCCN1CCN(CCCC[O])CC1. The molecule has 16 heavy (non-hydrogen) atoms. The van der Waals surface area contributed by atoms with Gasteiger partial charge in [0.1, 0.15) is 0 Å². The first kappa shape index (κ1) is 13.9. The summed E-state index contributed by atoms with van der Waals surface area (Å²) < 4.78 is 5.05. The highest BCUT2D eigenvalue weighted by Gasteiger charge is 2.15. The van der Waals surface area contributed by atoms with Crippen molar-refractivity contribution in [3.63, 3.8) is 0 Å². The van der Waals surface area contributed by atoms with Crippen LogP contribution >= 0.6 is 0 Å². The first-order chi connectivity index (χ1) is 7.86. The van der Waals surface area contributed by atoms with E-state index in [1.165, 1.54) is 13.1 Å². The van der Waals surface area contributed by atoms with Crippen LogP contribution in [0.25, 0.3) is 0 Å². The Morgan fingerprint density at radius 2 is 1.50 bits per heavy atom. The van der Waals surface area contributed by atoms with Crippen molar-refractivity contribution in [1.82, 2.24) is 9.80 Å². The molecule has 0 saturated carbocycles. The molecular formula is C12H25N2O2. The van der Waals surface area contributed by atoms with Crippen LogP contribution in [0, 0.1) is 0 Å². The molecule has 0 unspecified atom stereocenters. The van der Waals surface area contributed by atoms with Crippen LogP contribution < -0.4 is 0 Å². The molecule has 0 bridgehead atoms. The van der Waals surface area contributed by atoms with E-state index >= 15 is 0 Å². The molecule has 1 aliphatic rings. The van der Waals surface area contributed by atoms with Crippen LogP contribution in [-0.4, -0.2) is 69.4 Å². The molecule has 4 nitrogen and oxygen atoms in total. The van der Waals surface area contributed by atoms with E-state index in [2.05, 4.69) is 9.80 Å². The van der Waals surface area contributed by atoms with Crippen molar-refractivity contribution >= 4 is 0 Å². The summed E-state index contributed by atoms with van der Waals surface area (Å²) in [6.45, 7) is 7.86. The molecule has 0 aliphatic carbocycles. The molecule has 0 aromatic rings. The van der Waals surface area contributed by atoms with Crippen molar-refractivity contribution in [2.75, 3.05) is 59.6 Å². The van der Waals surface area contributed by atoms with Crippen molar-refractivity contribution in [3.05, 3.63) is 0 Å². The number of hydrogen-bond donors (Lipinski definition) is 0. The van der Waals surface area contributed by atoms with Gasteiger partial charge in [0.25, 0.3) is 0 Å². The van der Waals surface area contributed by atoms with Gasteiger partial charge in [0.2, 0.25) is 0 Å². The number of rotatable bonds is 8. The molecule has 1 fully saturated rings. The first-order valence-electron chi connectivity index (χ1n) is 6.38. The van der Waals surface area contributed by atoms with E-state index < -0.39 is 0 Å². The summed E-state index contributed by atoms with van der Waals surface area (Å²) in [5, 5.41) is 10.3. The Morgan fingerprint density at radius 3 is 2.00 bits per heavy atom. The van der Waals surface area contributed by atoms with E-state index in [4.69, 9.17) is 4.74 Å². The van der Waals surface area contributed by atoms with Gasteiger partial charge in [-0.15, -0.1) is 0 Å². The average molecular weight is 229 g/mol. The normalized spacial score (nSPS) is 19.1. The zero-order valence-corrected chi connectivity index (χ0v) is 10.5. The van der Waals surface area contributed by atoms with E-state index in [-0.39, 0.29) is 6.61 Å². The Hall–Kier alpha value is -0.160. The second kappa shape index (κ2) is 8.93. The van der Waals surface area contributed by atoms with E-state index in [9.17, 15) is 5.11 Å². The third-order valence-corrected chi connectivity index (χ3v) is 3.16. The van der Waals surface area contributed by atoms with Gasteiger partial charge in [-0.25, -0.2) is 5.11 Å². The zero-order chi connectivity index (χ0) is 11.6. The van der Waals surface area contributed by atoms with Crippen molar-refractivity contribution in [1.29, 1.82) is 0 Å². The fraction of sp³-hybridized carbons (Fsp3) is 1.00. The number of hydrogen-bond acceptors (Lipinski definition) is 3. The van der Waals surface area contributed by atoms with Gasteiger partial charge in [-0.1, -0.05) is 0 Å². The standard InChI is InChI=1S/C12H25N2O2/c1-16-12-4-6-14-9-7-13(8-10-14)5-2-3-11-15/h2-12H2,1H3. The summed E-state index contributed by atoms with van der Waals surface area (Å²) in [6, 6.07) is 0. The van der Waals surface area contributed by atoms with Crippen molar-refractivity contribution < 1.29 is 9.84 Å². The molecule has 0 N–H and O–H groups in total. The van der Waals surface area contributed by atoms with E-state index in [1.807, 2.05) is 0 Å². The maximum absolute atomic E-state index is 10.3. The third kappa shape index (κ3) is 5.80. The average Bonchev–Trinajstić information content (AvgIpc) is 2.32. The van der Waals surface area contributed by atoms with Crippen LogP contribution in [-0.2, 0) is 9.84 Å². The van der Waals surface area contributed by atoms with Gasteiger partial charge in [0, 0.05) is 46.4 Å². The number of ether oxygens (including phenoxy) is 1. The zero-order valence-electron chi connectivity index (χ0n) is 10.5. The Kier molecular flexibility index (Phi) is 7.76. The summed E-state index contributed by atoms with van der Waals surface area (Å²) in [6.07, 6.45) is 3.02. The molecule has 1 aliphatic heterocycles. The lowest BCUT2D eigenvalue weighted by Crippen LogP contribution is -2.46. The van der Waals surface area contributed by atoms with Gasteiger partial charge >= 0.3 is 0 Å². The number of nitrogens with zero attached hydrogens (tertiary/aromatic N) is 2. The molecule has 95 valence electrons. The predicted octanol–water partition coefficient (Wildman–Crippen LogP) is 0.851. The number of piperazine rings is 1. The first-order valence-corrected chi connectivity index (χ1v) is 6.38. The third-order valence-electron chi connectivity index (χ3n) is 3.16. The van der Waals surface area contributed by atoms with E-state index in [0.717, 1.165) is 52.0 Å². The van der Waals surface area contributed by atoms with Crippen molar-refractivity contribution in [3.8, 4) is 0 Å². The fourth-order valence-electron chi connectivity index (χ4n) is 2.11. The minimum absolute atomic E-state index is 0.0803. The Bertz CT molecular complexity index is 141. The van der Waals surface area contributed by atoms with Crippen LogP contribution in [0.2, 0.25) is 0 Å². The van der Waals surface area contributed by atoms with Gasteiger partial charge in [0.15, 0.2) is 0 Å². The topological polar surface area (TPSA) is 35.6 Å². The fourth-order valence-corrected chi connectivity index (χ4v) is 2.11. The van der Waals surface area contributed by atoms with Gasteiger partial charge in [-0.2, -0.15) is 0 Å². The maximum Gasteiger partial charge on any atom is 0.0822 e. The molecule has 0 spiro atoms. The van der Waals surface area contributed by atoms with Gasteiger partial charge in [-0.3, -0.25) is 0 Å². The van der Waals surface area contributed by atoms with Gasteiger partial charge in [-0.05, 0) is 25.8 Å². The second-order valence-corrected chi connectivity index (χ2v) is 4.44. The minimum Gasteiger partial charge on any atom is -0.385 e. The molecule has 1 heterocycles. The lowest BCUT2D eigenvalue weighted by Gasteiger charge is -2.34. The summed E-state index contributed by atoms with van der Waals surface area (Å²) >= 11 is 0. The lowest BCUT2D eigenvalue weighted by molar-refractivity contribution is 0.112. The monoisotopic (exact) mass is 229 g/mol. The quantitative estimate of drug-likeness (QED) is 0.579. The summed E-state index contributed by atoms with van der Waals surface area (Å²) in [7, 11) is 1.76. The Labute approximate surface area is 99.2 Å². The maximum atomic E-state index is 10.3. The Balaban J connectivity index is 2.00. The van der Waals surface area contributed by atoms with Crippen LogP contribution in [0.5, 0.6) is 0 Å². The minimum atomic E-state index is 0.0803. The van der Waals surface area contributed by atoms with Gasteiger partial charge in [0.05, 0.1) is 6.61 Å². The molecule has 0 atom stereocenters. The van der Waals surface area contributed by atoms with Crippen LogP contribution in [0.4, 0.5) is 0 Å². The van der Waals surface area contributed by atoms with Crippen molar-refractivity contribution in [2.45, 2.75) is 19.3 Å². The van der Waals surface area contributed by atoms with E-state index in [0.29, 0.717) is 0 Å². The highest BCUT2D eigenvalue weighted by Crippen LogP contribution is 2.04. The predicted molar refractivity (Wildman–Crippen MR) is 64.2 cm³/mol. The van der Waals surface area contributed by atoms with E-state index in [1.54, 1.807) is 7.11 Å². The van der Waals surface area contributed by atoms with Crippen LogP contribution in [0.1, 0.15) is 19.3 Å². The highest BCUT2D eigenvalue weighted by atomic mass is 16.5. The molecular weight excluding hydrogens is 204 g/mol.